The van der Waals surface area contributed by atoms with Crippen molar-refractivity contribution in [3.05, 3.63) is 36.1 Å². The Bertz CT molecular complexity index is 767. The van der Waals surface area contributed by atoms with Crippen LogP contribution in [0.2, 0.25) is 0 Å². The van der Waals surface area contributed by atoms with E-state index in [-0.39, 0.29) is 13.0 Å². The van der Waals surface area contributed by atoms with Gasteiger partial charge in [0.15, 0.2) is 0 Å². The molecule has 2 heterocycles. The lowest BCUT2D eigenvalue weighted by Gasteiger charge is -2.19. The van der Waals surface area contributed by atoms with Crippen molar-refractivity contribution in [2.45, 2.75) is 25.6 Å². The Labute approximate surface area is 141 Å². The van der Waals surface area contributed by atoms with Crippen LogP contribution in [-0.4, -0.2) is 36.0 Å². The molecule has 3 rings (SSSR count). The second kappa shape index (κ2) is 6.42. The Morgan fingerprint density at radius 1 is 1.40 bits per heavy atom. The summed E-state index contributed by atoms with van der Waals surface area (Å²) in [7, 11) is 0. The summed E-state index contributed by atoms with van der Waals surface area (Å²) in [6.45, 7) is 0.172. The molecule has 5 nitrogen and oxygen atoms in total. The Morgan fingerprint density at radius 2 is 2.12 bits per heavy atom. The molecule has 2 unspecified atom stereocenters. The molecular formula is C17H17F3N2O3. The predicted molar refractivity (Wildman–Crippen MR) is 83.5 cm³/mol. The molecule has 0 aliphatic carbocycles. The number of furan rings is 1. The minimum absolute atomic E-state index is 0.214. The van der Waals surface area contributed by atoms with Crippen molar-refractivity contribution >= 4 is 22.8 Å². The maximum absolute atomic E-state index is 12.4. The predicted octanol–water partition coefficient (Wildman–Crippen LogP) is 3.02. The molecule has 1 aliphatic rings. The molecular weight excluding hydrogens is 337 g/mol. The number of hydrogen-bond donors (Lipinski definition) is 1. The third-order valence-corrected chi connectivity index (χ3v) is 4.19. The Hall–Kier alpha value is -2.51. The number of rotatable bonds is 4. The molecule has 0 radical (unpaired) electrons. The molecule has 1 N–H and O–H groups in total. The third kappa shape index (κ3) is 3.94. The Kier molecular flexibility index (Phi) is 4.45. The zero-order valence-electron chi connectivity index (χ0n) is 13.5. The van der Waals surface area contributed by atoms with E-state index in [4.69, 9.17) is 4.42 Å². The fourth-order valence-electron chi connectivity index (χ4n) is 2.94. The number of benzene rings is 1. The first-order valence-electron chi connectivity index (χ1n) is 7.86. The van der Waals surface area contributed by atoms with E-state index in [0.717, 1.165) is 5.39 Å². The van der Waals surface area contributed by atoms with Gasteiger partial charge >= 0.3 is 6.18 Å². The van der Waals surface area contributed by atoms with Crippen molar-refractivity contribution in [1.82, 2.24) is 10.2 Å². The van der Waals surface area contributed by atoms with E-state index in [0.29, 0.717) is 16.2 Å². The van der Waals surface area contributed by atoms with Gasteiger partial charge in [-0.05, 0) is 19.1 Å². The average Bonchev–Trinajstić information content (AvgIpc) is 3.10. The number of carbonyl (C=O) groups is 2. The van der Waals surface area contributed by atoms with Gasteiger partial charge in [0.05, 0.1) is 12.0 Å². The molecule has 0 spiro atoms. The van der Waals surface area contributed by atoms with Gasteiger partial charge in [-0.2, -0.15) is 13.2 Å². The highest BCUT2D eigenvalue weighted by Crippen LogP contribution is 2.26. The third-order valence-electron chi connectivity index (χ3n) is 4.19. The van der Waals surface area contributed by atoms with Gasteiger partial charge in [0.1, 0.15) is 17.9 Å². The Balaban J connectivity index is 1.63. The van der Waals surface area contributed by atoms with Gasteiger partial charge in [-0.3, -0.25) is 9.59 Å². The van der Waals surface area contributed by atoms with Crippen molar-refractivity contribution < 1.29 is 27.2 Å². The molecule has 8 heteroatoms. The van der Waals surface area contributed by atoms with E-state index < -0.39 is 36.5 Å². The van der Waals surface area contributed by atoms with Gasteiger partial charge in [-0.25, -0.2) is 0 Å². The highest BCUT2D eigenvalue weighted by molar-refractivity contribution is 5.89. The van der Waals surface area contributed by atoms with E-state index in [1.54, 1.807) is 19.1 Å². The van der Waals surface area contributed by atoms with E-state index in [1.165, 1.54) is 0 Å². The molecule has 1 fully saturated rings. The van der Waals surface area contributed by atoms with Crippen LogP contribution in [0.3, 0.4) is 0 Å². The normalized spacial score (nSPS) is 19.4. The summed E-state index contributed by atoms with van der Waals surface area (Å²) in [5, 5.41) is 3.60. The molecule has 0 saturated carbocycles. The van der Waals surface area contributed by atoms with Crippen LogP contribution in [0.25, 0.3) is 11.0 Å². The SMILES string of the molecule is CC(NC(=O)C1CC(=O)N(CC(F)(F)F)C1)c1cc2ccccc2o1. The maximum atomic E-state index is 12.4. The maximum Gasteiger partial charge on any atom is 0.406 e. The summed E-state index contributed by atoms with van der Waals surface area (Å²) in [4.78, 5) is 24.6. The molecule has 1 aromatic carbocycles. The highest BCUT2D eigenvalue weighted by atomic mass is 19.4. The van der Waals surface area contributed by atoms with Gasteiger partial charge in [-0.1, -0.05) is 18.2 Å². The van der Waals surface area contributed by atoms with Crippen molar-refractivity contribution in [1.29, 1.82) is 0 Å². The lowest BCUT2D eigenvalue weighted by Crippen LogP contribution is -2.37. The van der Waals surface area contributed by atoms with Crippen molar-refractivity contribution in [3.63, 3.8) is 0 Å². The number of halogens is 3. The summed E-state index contributed by atoms with van der Waals surface area (Å²) >= 11 is 0. The van der Waals surface area contributed by atoms with Crippen LogP contribution < -0.4 is 5.32 Å². The lowest BCUT2D eigenvalue weighted by molar-refractivity contribution is -0.157. The van der Waals surface area contributed by atoms with Crippen LogP contribution in [0.5, 0.6) is 0 Å². The standard InChI is InChI=1S/C17H17F3N2O3/c1-10(14-6-11-4-2-3-5-13(11)25-14)21-16(24)12-7-15(23)22(8-12)9-17(18,19)20/h2-6,10,12H,7-9H2,1H3,(H,21,24). The van der Waals surface area contributed by atoms with Crippen LogP contribution in [0.1, 0.15) is 25.1 Å². The first kappa shape index (κ1) is 17.3. The zero-order chi connectivity index (χ0) is 18.2. The molecule has 134 valence electrons. The first-order chi connectivity index (χ1) is 11.7. The quantitative estimate of drug-likeness (QED) is 0.918. The second-order valence-corrected chi connectivity index (χ2v) is 6.21. The molecule has 2 atom stereocenters. The number of para-hydroxylation sites is 1. The number of alkyl halides is 3. The molecule has 1 aromatic heterocycles. The molecule has 1 aliphatic heterocycles. The minimum Gasteiger partial charge on any atom is -0.459 e. The smallest absolute Gasteiger partial charge is 0.406 e. The van der Waals surface area contributed by atoms with Gasteiger partial charge in [0.2, 0.25) is 11.8 Å². The first-order valence-corrected chi connectivity index (χ1v) is 7.86. The summed E-state index contributed by atoms with van der Waals surface area (Å²) in [5.74, 6) is -1.35. The van der Waals surface area contributed by atoms with Crippen LogP contribution in [-0.2, 0) is 9.59 Å². The van der Waals surface area contributed by atoms with Crippen molar-refractivity contribution in [2.75, 3.05) is 13.1 Å². The summed E-state index contributed by atoms with van der Waals surface area (Å²) < 4.78 is 43.0. The number of nitrogens with zero attached hydrogens (tertiary/aromatic N) is 1. The summed E-state index contributed by atoms with van der Waals surface area (Å²) in [6.07, 6.45) is -4.68. The van der Waals surface area contributed by atoms with Gasteiger partial charge < -0.3 is 14.6 Å². The minimum atomic E-state index is -4.47. The number of likely N-dealkylation sites (tertiary alicyclic amines) is 1. The van der Waals surface area contributed by atoms with E-state index in [9.17, 15) is 22.8 Å². The van der Waals surface area contributed by atoms with Crippen molar-refractivity contribution in [3.8, 4) is 0 Å². The van der Waals surface area contributed by atoms with Gasteiger partial charge in [0, 0.05) is 18.4 Å². The van der Waals surface area contributed by atoms with Crippen LogP contribution in [0, 0.1) is 5.92 Å². The fourth-order valence-corrected chi connectivity index (χ4v) is 2.94. The molecule has 0 bridgehead atoms. The van der Waals surface area contributed by atoms with Gasteiger partial charge in [-0.15, -0.1) is 0 Å². The number of carbonyl (C=O) groups excluding carboxylic acids is 2. The number of hydrogen-bond acceptors (Lipinski definition) is 3. The molecule has 2 aromatic rings. The molecule has 2 amide bonds. The van der Waals surface area contributed by atoms with E-state index >= 15 is 0 Å². The fraction of sp³-hybridized carbons (Fsp3) is 0.412. The monoisotopic (exact) mass is 354 g/mol. The largest absolute Gasteiger partial charge is 0.459 e. The Morgan fingerprint density at radius 3 is 2.80 bits per heavy atom. The highest BCUT2D eigenvalue weighted by Gasteiger charge is 2.40. The lowest BCUT2D eigenvalue weighted by atomic mass is 10.1. The van der Waals surface area contributed by atoms with Crippen LogP contribution in [0.15, 0.2) is 34.7 Å². The number of amides is 2. The topological polar surface area (TPSA) is 62.6 Å². The second-order valence-electron chi connectivity index (χ2n) is 6.21. The summed E-state index contributed by atoms with van der Waals surface area (Å²) in [6, 6.07) is 8.73. The molecule has 1 saturated heterocycles. The zero-order valence-corrected chi connectivity index (χ0v) is 13.5. The van der Waals surface area contributed by atoms with Gasteiger partial charge in [0.25, 0.3) is 0 Å². The number of nitrogens with one attached hydrogen (secondary N) is 1. The van der Waals surface area contributed by atoms with E-state index in [1.807, 2.05) is 18.2 Å². The van der Waals surface area contributed by atoms with E-state index in [2.05, 4.69) is 5.32 Å². The summed E-state index contributed by atoms with van der Waals surface area (Å²) in [5.41, 5.74) is 0.686. The van der Waals surface area contributed by atoms with Crippen LogP contribution in [0.4, 0.5) is 13.2 Å². The van der Waals surface area contributed by atoms with Crippen LogP contribution >= 0.6 is 0 Å². The molecule has 25 heavy (non-hydrogen) atoms. The average molecular weight is 354 g/mol. The van der Waals surface area contributed by atoms with Crippen molar-refractivity contribution in [2.24, 2.45) is 5.92 Å². The number of fused-ring (bicyclic) bond motifs is 1.